The van der Waals surface area contributed by atoms with Crippen LogP contribution >= 0.6 is 11.3 Å². The second-order valence-electron chi connectivity index (χ2n) is 8.12. The van der Waals surface area contributed by atoms with Gasteiger partial charge >= 0.3 is 0 Å². The molecule has 0 unspecified atom stereocenters. The van der Waals surface area contributed by atoms with Gasteiger partial charge in [0.2, 0.25) is 11.8 Å². The minimum Gasteiger partial charge on any atom is -0.489 e. The summed E-state index contributed by atoms with van der Waals surface area (Å²) in [5.41, 5.74) is 1.82. The van der Waals surface area contributed by atoms with E-state index in [0.29, 0.717) is 24.0 Å². The van der Waals surface area contributed by atoms with E-state index in [9.17, 15) is 9.59 Å². The van der Waals surface area contributed by atoms with Gasteiger partial charge in [0.25, 0.3) is 0 Å². The van der Waals surface area contributed by atoms with Gasteiger partial charge in [-0.15, -0.1) is 11.3 Å². The second kappa shape index (κ2) is 11.1. The number of carbonyl (C=O) groups is 2. The van der Waals surface area contributed by atoms with Crippen LogP contribution in [0, 0.1) is 5.92 Å². The molecule has 7 nitrogen and oxygen atoms in total. The molecular weight excluding hydrogens is 436 g/mol. The number of hydrogen-bond acceptors (Lipinski definition) is 6. The summed E-state index contributed by atoms with van der Waals surface area (Å²) < 4.78 is 5.80. The molecule has 2 amide bonds. The Hall–Kier alpha value is -3.23. The highest BCUT2D eigenvalue weighted by Crippen LogP contribution is 2.22. The first-order valence-electron chi connectivity index (χ1n) is 11.1. The van der Waals surface area contributed by atoms with E-state index in [0.717, 1.165) is 30.7 Å². The Morgan fingerprint density at radius 1 is 1.15 bits per heavy atom. The predicted molar refractivity (Wildman–Crippen MR) is 130 cm³/mol. The largest absolute Gasteiger partial charge is 0.489 e. The van der Waals surface area contributed by atoms with Crippen molar-refractivity contribution >= 4 is 34.0 Å². The van der Waals surface area contributed by atoms with Gasteiger partial charge in [-0.2, -0.15) is 0 Å². The highest BCUT2D eigenvalue weighted by atomic mass is 32.1. The molecule has 1 saturated heterocycles. The lowest BCUT2D eigenvalue weighted by Gasteiger charge is -2.35. The zero-order valence-electron chi connectivity index (χ0n) is 18.6. The smallest absolute Gasteiger partial charge is 0.241 e. The van der Waals surface area contributed by atoms with E-state index in [4.69, 9.17) is 4.74 Å². The summed E-state index contributed by atoms with van der Waals surface area (Å²) in [6.07, 6.45) is 3.36. The number of thiazole rings is 1. The van der Waals surface area contributed by atoms with Gasteiger partial charge in [0.15, 0.2) is 5.13 Å². The van der Waals surface area contributed by atoms with Crippen molar-refractivity contribution in [2.24, 2.45) is 5.92 Å². The third kappa shape index (κ3) is 6.40. The Morgan fingerprint density at radius 3 is 2.67 bits per heavy atom. The first-order chi connectivity index (χ1) is 16.1. The Kier molecular flexibility index (Phi) is 7.70. The van der Waals surface area contributed by atoms with E-state index >= 15 is 0 Å². The van der Waals surface area contributed by atoms with Crippen molar-refractivity contribution < 1.29 is 14.3 Å². The standard InChI is InChI=1S/C25H28N4O3S/c1-18(29-14-5-8-20(16-29)24(31)28-25-26-13-15-33-25)23(30)27-21-9-11-22(12-10-21)32-17-19-6-3-2-4-7-19/h2-4,6-7,9-13,15,18,20H,5,8,14,16-17H2,1H3,(H,27,30)(H,26,28,31)/t18-,20-/m1/s1. The van der Waals surface area contributed by atoms with Gasteiger partial charge in [-0.25, -0.2) is 4.98 Å². The van der Waals surface area contributed by atoms with Crippen LogP contribution < -0.4 is 15.4 Å². The predicted octanol–water partition coefficient (Wildman–Crippen LogP) is 4.40. The molecule has 1 fully saturated rings. The van der Waals surface area contributed by atoms with Crippen LogP contribution in [0.25, 0.3) is 0 Å². The van der Waals surface area contributed by atoms with Crippen LogP contribution in [-0.4, -0.2) is 40.8 Å². The molecule has 3 aromatic rings. The van der Waals surface area contributed by atoms with Gasteiger partial charge in [0.05, 0.1) is 12.0 Å². The number of nitrogens with zero attached hydrogens (tertiary/aromatic N) is 2. The molecule has 8 heteroatoms. The van der Waals surface area contributed by atoms with Crippen molar-refractivity contribution in [2.45, 2.75) is 32.4 Å². The quantitative estimate of drug-likeness (QED) is 0.516. The summed E-state index contributed by atoms with van der Waals surface area (Å²) in [6, 6.07) is 17.0. The lowest BCUT2D eigenvalue weighted by Crippen LogP contribution is -2.49. The molecule has 2 heterocycles. The molecule has 1 aliphatic rings. The number of hydrogen-bond donors (Lipinski definition) is 2. The van der Waals surface area contributed by atoms with Crippen LogP contribution in [0.15, 0.2) is 66.2 Å². The number of rotatable bonds is 8. The van der Waals surface area contributed by atoms with Crippen molar-refractivity contribution in [1.82, 2.24) is 9.88 Å². The summed E-state index contributed by atoms with van der Waals surface area (Å²) >= 11 is 1.40. The van der Waals surface area contributed by atoms with Crippen LogP contribution in [-0.2, 0) is 16.2 Å². The Balaban J connectivity index is 1.27. The fraction of sp³-hybridized carbons (Fsp3) is 0.320. The topological polar surface area (TPSA) is 83.6 Å². The van der Waals surface area contributed by atoms with E-state index in [1.54, 1.807) is 6.20 Å². The highest BCUT2D eigenvalue weighted by molar-refractivity contribution is 7.13. The molecule has 1 aromatic heterocycles. The van der Waals surface area contributed by atoms with Crippen LogP contribution in [0.2, 0.25) is 0 Å². The number of carbonyl (C=O) groups excluding carboxylic acids is 2. The average Bonchev–Trinajstić information content (AvgIpc) is 3.37. The SMILES string of the molecule is C[C@H](C(=O)Nc1ccc(OCc2ccccc2)cc1)N1CCC[C@@H](C(=O)Nc2nccs2)C1. The monoisotopic (exact) mass is 464 g/mol. The molecule has 33 heavy (non-hydrogen) atoms. The minimum absolute atomic E-state index is 0.0339. The maximum Gasteiger partial charge on any atom is 0.241 e. The number of likely N-dealkylation sites (tertiary alicyclic amines) is 1. The maximum atomic E-state index is 12.8. The number of nitrogens with one attached hydrogen (secondary N) is 2. The zero-order valence-corrected chi connectivity index (χ0v) is 19.4. The lowest BCUT2D eigenvalue weighted by atomic mass is 9.96. The molecule has 2 atom stereocenters. The molecule has 4 rings (SSSR count). The number of benzene rings is 2. The molecule has 0 saturated carbocycles. The maximum absolute atomic E-state index is 12.8. The van der Waals surface area contributed by atoms with Gasteiger partial charge in [-0.3, -0.25) is 14.5 Å². The van der Waals surface area contributed by atoms with Crippen molar-refractivity contribution in [3.8, 4) is 5.75 Å². The minimum atomic E-state index is -0.338. The van der Waals surface area contributed by atoms with Gasteiger partial charge < -0.3 is 15.4 Å². The first-order valence-corrected chi connectivity index (χ1v) is 12.0. The lowest BCUT2D eigenvalue weighted by molar-refractivity contribution is -0.125. The molecule has 0 bridgehead atoms. The molecule has 2 N–H and O–H groups in total. The Morgan fingerprint density at radius 2 is 1.94 bits per heavy atom. The number of ether oxygens (including phenoxy) is 1. The van der Waals surface area contributed by atoms with E-state index in [2.05, 4.69) is 20.5 Å². The van der Waals surface area contributed by atoms with Crippen LogP contribution in [0.3, 0.4) is 0 Å². The second-order valence-corrected chi connectivity index (χ2v) is 9.02. The van der Waals surface area contributed by atoms with E-state index < -0.39 is 0 Å². The molecule has 172 valence electrons. The highest BCUT2D eigenvalue weighted by Gasteiger charge is 2.31. The average molecular weight is 465 g/mol. The van der Waals surface area contributed by atoms with Crippen LogP contribution in [0.5, 0.6) is 5.75 Å². The summed E-state index contributed by atoms with van der Waals surface area (Å²) in [5, 5.41) is 8.29. The molecule has 0 spiro atoms. The fourth-order valence-corrected chi connectivity index (χ4v) is 4.38. The number of amides is 2. The molecular formula is C25H28N4O3S. The summed E-state index contributed by atoms with van der Waals surface area (Å²) in [4.78, 5) is 31.6. The number of piperidine rings is 1. The van der Waals surface area contributed by atoms with Crippen molar-refractivity contribution in [3.05, 3.63) is 71.7 Å². The normalized spacial score (nSPS) is 17.2. The van der Waals surface area contributed by atoms with Crippen LogP contribution in [0.4, 0.5) is 10.8 Å². The Labute approximate surface area is 197 Å². The van der Waals surface area contributed by atoms with E-state index in [1.165, 1.54) is 11.3 Å². The fourth-order valence-electron chi connectivity index (χ4n) is 3.85. The molecule has 2 aromatic carbocycles. The first kappa shape index (κ1) is 22.9. The summed E-state index contributed by atoms with van der Waals surface area (Å²) in [7, 11) is 0. The van der Waals surface area contributed by atoms with Crippen molar-refractivity contribution in [3.63, 3.8) is 0 Å². The molecule has 0 aliphatic carbocycles. The number of anilines is 2. The summed E-state index contributed by atoms with van der Waals surface area (Å²) in [5.74, 6) is 0.469. The van der Waals surface area contributed by atoms with Gasteiger partial charge in [0, 0.05) is 23.8 Å². The number of aromatic nitrogens is 1. The van der Waals surface area contributed by atoms with Gasteiger partial charge in [-0.05, 0) is 56.1 Å². The third-order valence-electron chi connectivity index (χ3n) is 5.78. The van der Waals surface area contributed by atoms with Crippen molar-refractivity contribution in [2.75, 3.05) is 23.7 Å². The van der Waals surface area contributed by atoms with E-state index in [-0.39, 0.29) is 23.8 Å². The van der Waals surface area contributed by atoms with Gasteiger partial charge in [-0.1, -0.05) is 30.3 Å². The van der Waals surface area contributed by atoms with Crippen LogP contribution in [0.1, 0.15) is 25.3 Å². The molecule has 0 radical (unpaired) electrons. The zero-order chi connectivity index (χ0) is 23.0. The third-order valence-corrected chi connectivity index (χ3v) is 6.47. The van der Waals surface area contributed by atoms with E-state index in [1.807, 2.05) is 66.9 Å². The Bertz CT molecular complexity index is 1040. The summed E-state index contributed by atoms with van der Waals surface area (Å²) in [6.45, 7) is 3.73. The van der Waals surface area contributed by atoms with Gasteiger partial charge in [0.1, 0.15) is 12.4 Å². The molecule has 1 aliphatic heterocycles. The van der Waals surface area contributed by atoms with Crippen molar-refractivity contribution in [1.29, 1.82) is 0 Å².